The molecule has 0 aromatic rings. The molecule has 2 N–H and O–H groups in total. The van der Waals surface area contributed by atoms with Gasteiger partial charge in [0.25, 0.3) is 0 Å². The summed E-state index contributed by atoms with van der Waals surface area (Å²) in [6.07, 6.45) is 12.4. The fourth-order valence-corrected chi connectivity index (χ4v) is 2.63. The summed E-state index contributed by atoms with van der Waals surface area (Å²) >= 11 is 0. The Morgan fingerprint density at radius 2 is 2.15 bits per heavy atom. The minimum absolute atomic E-state index is 0.856. The Labute approximate surface area is 80.7 Å². The van der Waals surface area contributed by atoms with Crippen LogP contribution < -0.4 is 5.73 Å². The van der Waals surface area contributed by atoms with Gasteiger partial charge in [-0.1, -0.05) is 23.3 Å². The van der Waals surface area contributed by atoms with E-state index in [0.29, 0.717) is 0 Å². The summed E-state index contributed by atoms with van der Waals surface area (Å²) in [6, 6.07) is 0. The molecule has 0 saturated carbocycles. The Bertz CT molecular complexity index is 238. The van der Waals surface area contributed by atoms with Crippen molar-refractivity contribution in [2.45, 2.75) is 38.5 Å². The molecule has 0 fully saturated rings. The molecule has 2 aliphatic carbocycles. The van der Waals surface area contributed by atoms with Gasteiger partial charge < -0.3 is 5.73 Å². The molecule has 0 heterocycles. The third kappa shape index (κ3) is 1.86. The van der Waals surface area contributed by atoms with E-state index in [9.17, 15) is 0 Å². The summed E-state index contributed by atoms with van der Waals surface area (Å²) < 4.78 is 0. The van der Waals surface area contributed by atoms with Crippen LogP contribution in [0.2, 0.25) is 0 Å². The van der Waals surface area contributed by atoms with Crippen LogP contribution in [-0.2, 0) is 0 Å². The zero-order chi connectivity index (χ0) is 9.10. The Morgan fingerprint density at radius 3 is 3.00 bits per heavy atom. The molecule has 0 spiro atoms. The molecule has 1 heteroatoms. The van der Waals surface area contributed by atoms with Gasteiger partial charge in [0.1, 0.15) is 0 Å². The van der Waals surface area contributed by atoms with E-state index in [1.54, 1.807) is 11.1 Å². The lowest BCUT2D eigenvalue weighted by Gasteiger charge is -2.15. The fraction of sp³-hybridized carbons (Fsp3) is 0.667. The van der Waals surface area contributed by atoms with Crippen LogP contribution in [-0.4, -0.2) is 6.54 Å². The summed E-state index contributed by atoms with van der Waals surface area (Å²) in [7, 11) is 0. The van der Waals surface area contributed by atoms with E-state index in [1.165, 1.54) is 38.5 Å². The lowest BCUT2D eigenvalue weighted by atomic mass is 9.90. The molecule has 2 aliphatic rings. The molecule has 0 saturated heterocycles. The van der Waals surface area contributed by atoms with Crippen molar-refractivity contribution in [3.63, 3.8) is 0 Å². The van der Waals surface area contributed by atoms with Crippen LogP contribution in [0.25, 0.3) is 0 Å². The van der Waals surface area contributed by atoms with Crippen LogP contribution in [0.1, 0.15) is 38.5 Å². The molecule has 0 bridgehead atoms. The lowest BCUT2D eigenvalue weighted by Crippen LogP contribution is -2.05. The Hall–Kier alpha value is -0.560. The predicted molar refractivity (Wildman–Crippen MR) is 56.4 cm³/mol. The Morgan fingerprint density at radius 1 is 1.31 bits per heavy atom. The number of allylic oxidation sites excluding steroid dienone is 4. The second-order valence-electron chi connectivity index (χ2n) is 4.17. The van der Waals surface area contributed by atoms with E-state index in [0.717, 1.165) is 12.5 Å². The molecular formula is C12H19N. The van der Waals surface area contributed by atoms with Gasteiger partial charge in [-0.25, -0.2) is 0 Å². The molecule has 0 amide bonds. The zero-order valence-electron chi connectivity index (χ0n) is 8.26. The number of hydrogen-bond donors (Lipinski definition) is 1. The number of nitrogens with two attached hydrogens (primary N) is 1. The molecule has 72 valence electrons. The van der Waals surface area contributed by atoms with Gasteiger partial charge in [-0.05, 0) is 51.0 Å². The highest BCUT2D eigenvalue weighted by molar-refractivity contribution is 5.30. The first kappa shape index (κ1) is 9.01. The van der Waals surface area contributed by atoms with Crippen molar-refractivity contribution < 1.29 is 0 Å². The van der Waals surface area contributed by atoms with Crippen LogP contribution in [0.5, 0.6) is 0 Å². The summed E-state index contributed by atoms with van der Waals surface area (Å²) in [6.45, 7) is 0.856. The van der Waals surface area contributed by atoms with Crippen molar-refractivity contribution in [3.05, 3.63) is 23.3 Å². The quantitative estimate of drug-likeness (QED) is 0.659. The molecule has 13 heavy (non-hydrogen) atoms. The number of rotatable bonds is 3. The van der Waals surface area contributed by atoms with Crippen LogP contribution in [0, 0.1) is 5.92 Å². The monoisotopic (exact) mass is 177 g/mol. The van der Waals surface area contributed by atoms with E-state index in [4.69, 9.17) is 5.73 Å². The van der Waals surface area contributed by atoms with E-state index in [2.05, 4.69) is 12.2 Å². The maximum atomic E-state index is 5.54. The van der Waals surface area contributed by atoms with Crippen molar-refractivity contribution in [2.75, 3.05) is 6.54 Å². The first-order valence-electron chi connectivity index (χ1n) is 5.47. The molecular weight excluding hydrogens is 158 g/mol. The average molecular weight is 177 g/mol. The second-order valence-corrected chi connectivity index (χ2v) is 4.17. The van der Waals surface area contributed by atoms with Crippen LogP contribution in [0.15, 0.2) is 23.3 Å². The van der Waals surface area contributed by atoms with E-state index in [-0.39, 0.29) is 0 Å². The first-order valence-corrected chi connectivity index (χ1v) is 5.47. The van der Waals surface area contributed by atoms with Crippen molar-refractivity contribution in [2.24, 2.45) is 11.7 Å². The SMILES string of the molecule is NCCCC1CCC2=C1CC=CC2. The molecule has 1 unspecified atom stereocenters. The van der Waals surface area contributed by atoms with Gasteiger partial charge in [-0.3, -0.25) is 0 Å². The molecule has 0 aliphatic heterocycles. The predicted octanol–water partition coefficient (Wildman–Crippen LogP) is 2.78. The summed E-state index contributed by atoms with van der Waals surface area (Å²) in [5, 5.41) is 0. The van der Waals surface area contributed by atoms with E-state index < -0.39 is 0 Å². The van der Waals surface area contributed by atoms with E-state index >= 15 is 0 Å². The van der Waals surface area contributed by atoms with Gasteiger partial charge in [0.2, 0.25) is 0 Å². The largest absolute Gasteiger partial charge is 0.330 e. The van der Waals surface area contributed by atoms with Crippen molar-refractivity contribution in [3.8, 4) is 0 Å². The average Bonchev–Trinajstić information content (AvgIpc) is 2.58. The van der Waals surface area contributed by atoms with Crippen molar-refractivity contribution >= 4 is 0 Å². The van der Waals surface area contributed by atoms with E-state index in [1.807, 2.05) is 0 Å². The van der Waals surface area contributed by atoms with Crippen molar-refractivity contribution in [1.82, 2.24) is 0 Å². The topological polar surface area (TPSA) is 26.0 Å². The third-order valence-electron chi connectivity index (χ3n) is 3.37. The molecule has 0 aromatic carbocycles. The summed E-state index contributed by atoms with van der Waals surface area (Å²) in [5.74, 6) is 0.878. The maximum absolute atomic E-state index is 5.54. The summed E-state index contributed by atoms with van der Waals surface area (Å²) in [4.78, 5) is 0. The van der Waals surface area contributed by atoms with Crippen LogP contribution >= 0.6 is 0 Å². The van der Waals surface area contributed by atoms with Gasteiger partial charge in [-0.15, -0.1) is 0 Å². The van der Waals surface area contributed by atoms with Gasteiger partial charge in [0, 0.05) is 0 Å². The minimum atomic E-state index is 0.856. The maximum Gasteiger partial charge on any atom is -0.00771 e. The summed E-state index contributed by atoms with van der Waals surface area (Å²) in [5.41, 5.74) is 9.05. The highest BCUT2D eigenvalue weighted by Gasteiger charge is 2.24. The standard InChI is InChI=1S/C12H19N/c13-9-3-5-11-8-7-10-4-1-2-6-12(10)11/h1-2,11H,3-9,13H2. The van der Waals surface area contributed by atoms with Crippen LogP contribution in [0.3, 0.4) is 0 Å². The second kappa shape index (κ2) is 4.10. The molecule has 1 nitrogen and oxygen atoms in total. The molecule has 0 radical (unpaired) electrons. The van der Waals surface area contributed by atoms with Gasteiger partial charge >= 0.3 is 0 Å². The Kier molecular flexibility index (Phi) is 2.84. The zero-order valence-corrected chi connectivity index (χ0v) is 8.26. The minimum Gasteiger partial charge on any atom is -0.330 e. The van der Waals surface area contributed by atoms with Crippen molar-refractivity contribution in [1.29, 1.82) is 0 Å². The highest BCUT2D eigenvalue weighted by atomic mass is 14.5. The normalized spacial score (nSPS) is 26.7. The van der Waals surface area contributed by atoms with Gasteiger partial charge in [0.15, 0.2) is 0 Å². The molecule has 2 rings (SSSR count). The lowest BCUT2D eigenvalue weighted by molar-refractivity contribution is 0.528. The smallest absolute Gasteiger partial charge is 0.00771 e. The Balaban J connectivity index is 1.96. The molecule has 1 atom stereocenters. The van der Waals surface area contributed by atoms with Gasteiger partial charge in [-0.2, -0.15) is 0 Å². The fourth-order valence-electron chi connectivity index (χ4n) is 2.63. The van der Waals surface area contributed by atoms with Crippen LogP contribution in [0.4, 0.5) is 0 Å². The highest BCUT2D eigenvalue weighted by Crippen LogP contribution is 2.40. The molecule has 0 aromatic heterocycles. The number of hydrogen-bond acceptors (Lipinski definition) is 1. The van der Waals surface area contributed by atoms with Gasteiger partial charge in [0.05, 0.1) is 0 Å². The third-order valence-corrected chi connectivity index (χ3v) is 3.37. The first-order chi connectivity index (χ1) is 6.42.